The molecule has 0 saturated heterocycles. The Bertz CT molecular complexity index is 593. The number of carbonyl (C=O) groups is 2. The fraction of sp³-hybridized carbons (Fsp3) is 0.444. The van der Waals surface area contributed by atoms with Gasteiger partial charge in [0, 0.05) is 5.82 Å². The second-order valence-corrected chi connectivity index (χ2v) is 6.16. The molecule has 26 heavy (non-hydrogen) atoms. The second-order valence-electron chi connectivity index (χ2n) is 6.16. The highest BCUT2D eigenvalue weighted by Crippen LogP contribution is 2.18. The molecule has 0 aliphatic carbocycles. The van der Waals surface area contributed by atoms with Gasteiger partial charge >= 0.3 is 7.48 Å². The average molecular weight is 360 g/mol. The summed E-state index contributed by atoms with van der Waals surface area (Å²) in [6.45, 7) is 7.61. The molecule has 2 amide bonds. The van der Waals surface area contributed by atoms with Crippen LogP contribution in [0.5, 0.6) is 5.75 Å². The lowest BCUT2D eigenvalue weighted by Crippen LogP contribution is -2.49. The molecule has 1 radical (unpaired) electrons. The van der Waals surface area contributed by atoms with Crippen molar-refractivity contribution in [3.63, 3.8) is 0 Å². The zero-order chi connectivity index (χ0) is 19.5. The molecule has 0 spiro atoms. The molecule has 0 aliphatic heterocycles. The molecule has 0 bridgehead atoms. The van der Waals surface area contributed by atoms with E-state index < -0.39 is 17.8 Å². The fourth-order valence-electron chi connectivity index (χ4n) is 2.33. The van der Waals surface area contributed by atoms with Crippen molar-refractivity contribution in [3.05, 3.63) is 42.5 Å². The summed E-state index contributed by atoms with van der Waals surface area (Å²) in [5, 5.41) is 2.68. The molecule has 0 unspecified atom stereocenters. The van der Waals surface area contributed by atoms with Gasteiger partial charge in [0.05, 0.1) is 6.73 Å². The van der Waals surface area contributed by atoms with Crippen molar-refractivity contribution in [3.8, 4) is 5.75 Å². The van der Waals surface area contributed by atoms with Crippen molar-refractivity contribution in [1.29, 1.82) is 0 Å². The van der Waals surface area contributed by atoms with Crippen molar-refractivity contribution in [2.45, 2.75) is 32.1 Å². The zero-order valence-electron chi connectivity index (χ0n) is 15.3. The van der Waals surface area contributed by atoms with Gasteiger partial charge in [0.15, 0.2) is 0 Å². The first kappa shape index (κ1) is 21.7. The molecule has 5 N–H and O–H groups in total. The van der Waals surface area contributed by atoms with Crippen molar-refractivity contribution < 1.29 is 19.0 Å². The fourth-order valence-corrected chi connectivity index (χ4v) is 2.33. The van der Waals surface area contributed by atoms with Gasteiger partial charge in [0.2, 0.25) is 11.8 Å². The monoisotopic (exact) mass is 360 g/mol. The van der Waals surface area contributed by atoms with E-state index in [4.69, 9.17) is 20.9 Å². The molecule has 0 aliphatic rings. The van der Waals surface area contributed by atoms with Gasteiger partial charge in [-0.15, -0.1) is 0 Å². The van der Waals surface area contributed by atoms with Crippen molar-refractivity contribution in [1.82, 2.24) is 5.32 Å². The second kappa shape index (κ2) is 11.3. The average Bonchev–Trinajstić information content (AvgIpc) is 2.61. The summed E-state index contributed by atoms with van der Waals surface area (Å²) in [6, 6.07) is 6.62. The largest absolute Gasteiger partial charge is 0.490 e. The van der Waals surface area contributed by atoms with E-state index in [9.17, 15) is 9.59 Å². The number of benzene rings is 1. The minimum absolute atomic E-state index is 0.0401. The zero-order valence-corrected chi connectivity index (χ0v) is 15.3. The lowest BCUT2D eigenvalue weighted by molar-refractivity contribution is -0.128. The van der Waals surface area contributed by atoms with E-state index in [1.54, 1.807) is 6.08 Å². The number of ether oxygens (including phenoxy) is 1. The van der Waals surface area contributed by atoms with Crippen LogP contribution in [0, 0.1) is 5.92 Å². The highest BCUT2D eigenvalue weighted by molar-refractivity contribution is 6.37. The van der Waals surface area contributed by atoms with E-state index in [1.807, 2.05) is 38.1 Å². The first-order valence-corrected chi connectivity index (χ1v) is 8.46. The molecular weight excluding hydrogens is 333 g/mol. The number of carbonyl (C=O) groups excluding carboxylic acids is 2. The van der Waals surface area contributed by atoms with Crippen LogP contribution in [0.1, 0.15) is 19.4 Å². The van der Waals surface area contributed by atoms with Crippen molar-refractivity contribution >= 4 is 19.3 Å². The van der Waals surface area contributed by atoms with Gasteiger partial charge in [0.25, 0.3) is 0 Å². The first-order chi connectivity index (χ1) is 12.4. The number of nitrogens with two attached hydrogens (primary N) is 2. The molecule has 1 rings (SSSR count). The minimum atomic E-state index is -0.744. The third-order valence-corrected chi connectivity index (χ3v) is 3.71. The van der Waals surface area contributed by atoms with Crippen LogP contribution in [0.3, 0.4) is 0 Å². The number of hydrogen-bond donors (Lipinski definition) is 3. The third-order valence-electron chi connectivity index (χ3n) is 3.71. The number of primary amides is 1. The molecule has 0 fully saturated rings. The van der Waals surface area contributed by atoms with Crippen molar-refractivity contribution in [2.24, 2.45) is 17.4 Å². The van der Waals surface area contributed by atoms with Gasteiger partial charge in [-0.2, -0.15) is 0 Å². The van der Waals surface area contributed by atoms with Gasteiger partial charge in [-0.05, 0) is 30.0 Å². The number of hydrogen-bond acceptors (Lipinski definition) is 5. The van der Waals surface area contributed by atoms with Crippen LogP contribution < -0.4 is 21.5 Å². The predicted molar refractivity (Wildman–Crippen MR) is 101 cm³/mol. The molecule has 2 atom stereocenters. The van der Waals surface area contributed by atoms with Crippen LogP contribution in [0.2, 0.25) is 5.82 Å². The molecule has 8 heteroatoms. The van der Waals surface area contributed by atoms with Gasteiger partial charge in [-0.25, -0.2) is 0 Å². The van der Waals surface area contributed by atoms with E-state index in [-0.39, 0.29) is 18.6 Å². The molecule has 0 saturated carbocycles. The Kier molecular flexibility index (Phi) is 9.47. The maximum absolute atomic E-state index is 12.6. The SMILES string of the molecule is C=CCOc1ccc(C[C@H]([B]OCN)C(=O)N[C@H](C(N)=O)C(C)C)cc1. The van der Waals surface area contributed by atoms with Crippen LogP contribution in [-0.2, 0) is 20.7 Å². The predicted octanol–water partition coefficient (Wildman–Crippen LogP) is 0.761. The van der Waals surface area contributed by atoms with Gasteiger partial charge < -0.3 is 26.2 Å². The van der Waals surface area contributed by atoms with Gasteiger partial charge in [-0.3, -0.25) is 9.59 Å². The smallest absolute Gasteiger partial charge is 0.307 e. The van der Waals surface area contributed by atoms with E-state index in [0.29, 0.717) is 18.8 Å². The summed E-state index contributed by atoms with van der Waals surface area (Å²) in [4.78, 5) is 24.1. The molecule has 1 aromatic rings. The minimum Gasteiger partial charge on any atom is -0.490 e. The molecule has 0 heterocycles. The third kappa shape index (κ3) is 7.29. The summed E-state index contributed by atoms with van der Waals surface area (Å²) < 4.78 is 10.5. The van der Waals surface area contributed by atoms with Gasteiger partial charge in [-0.1, -0.05) is 38.6 Å². The standard InChI is InChI=1S/C18H27BN3O4/c1-4-9-25-14-7-5-13(6-8-14)10-15(19-26-11-20)18(24)22-16(12(2)3)17(21)23/h4-8,12,15-16H,1,9-11,20H2,2-3H3,(H2,21,23)(H,22,24)/t15-,16-/m0/s1. The van der Waals surface area contributed by atoms with Crippen LogP contribution in [0.4, 0.5) is 0 Å². The molecule has 7 nitrogen and oxygen atoms in total. The van der Waals surface area contributed by atoms with Crippen LogP contribution >= 0.6 is 0 Å². The topological polar surface area (TPSA) is 117 Å². The Morgan fingerprint density at radius 3 is 2.46 bits per heavy atom. The lowest BCUT2D eigenvalue weighted by atomic mass is 9.75. The molecular formula is C18H27BN3O4. The highest BCUT2D eigenvalue weighted by Gasteiger charge is 2.27. The Labute approximate surface area is 155 Å². The molecule has 141 valence electrons. The summed E-state index contributed by atoms with van der Waals surface area (Å²) in [6.07, 6.45) is 2.05. The Morgan fingerprint density at radius 2 is 1.96 bits per heavy atom. The first-order valence-electron chi connectivity index (χ1n) is 8.46. The quantitative estimate of drug-likeness (QED) is 0.289. The van der Waals surface area contributed by atoms with E-state index in [2.05, 4.69) is 11.9 Å². The molecule has 1 aromatic carbocycles. The number of nitrogens with one attached hydrogen (secondary N) is 1. The summed E-state index contributed by atoms with van der Waals surface area (Å²) in [5.74, 6) is -0.933. The molecule has 0 aromatic heterocycles. The Morgan fingerprint density at radius 1 is 1.31 bits per heavy atom. The Hall–Kier alpha value is -2.32. The van der Waals surface area contributed by atoms with Crippen LogP contribution in [0.15, 0.2) is 36.9 Å². The summed E-state index contributed by atoms with van der Waals surface area (Å²) >= 11 is 0. The van der Waals surface area contributed by atoms with Crippen LogP contribution in [-0.4, -0.2) is 38.7 Å². The lowest BCUT2D eigenvalue weighted by Gasteiger charge is -2.22. The Balaban J connectivity index is 2.80. The maximum atomic E-state index is 12.6. The summed E-state index contributed by atoms with van der Waals surface area (Å²) in [7, 11) is 1.38. The van der Waals surface area contributed by atoms with Gasteiger partial charge in [0.1, 0.15) is 18.4 Å². The summed E-state index contributed by atoms with van der Waals surface area (Å²) in [5.41, 5.74) is 11.6. The normalized spacial score (nSPS) is 12.9. The van der Waals surface area contributed by atoms with Crippen LogP contribution in [0.25, 0.3) is 0 Å². The number of amides is 2. The van der Waals surface area contributed by atoms with Crippen molar-refractivity contribution in [2.75, 3.05) is 13.3 Å². The maximum Gasteiger partial charge on any atom is 0.307 e. The van der Waals surface area contributed by atoms with E-state index in [1.165, 1.54) is 7.48 Å². The van der Waals surface area contributed by atoms with E-state index in [0.717, 1.165) is 5.56 Å². The number of rotatable bonds is 12. The van der Waals surface area contributed by atoms with E-state index >= 15 is 0 Å². The highest BCUT2D eigenvalue weighted by atomic mass is 16.5.